The van der Waals surface area contributed by atoms with Crippen molar-refractivity contribution < 1.29 is 9.18 Å². The number of rotatable bonds is 8. The summed E-state index contributed by atoms with van der Waals surface area (Å²) < 4.78 is 15.1. The molecule has 0 saturated heterocycles. The fraction of sp³-hybridized carbons (Fsp3) is 0.400. The fourth-order valence-corrected chi connectivity index (χ4v) is 4.89. The normalized spacial score (nSPS) is 11.3. The molecule has 0 aliphatic carbocycles. The minimum atomic E-state index is -0.367. The third-order valence-corrected chi connectivity index (χ3v) is 6.48. The van der Waals surface area contributed by atoms with Crippen molar-refractivity contribution >= 4 is 50.2 Å². The summed E-state index contributed by atoms with van der Waals surface area (Å²) >= 11 is 2.53. The van der Waals surface area contributed by atoms with Crippen LogP contribution in [0.5, 0.6) is 0 Å². The molecule has 0 radical (unpaired) electrons. The summed E-state index contributed by atoms with van der Waals surface area (Å²) in [5.41, 5.74) is 0.771. The topological polar surface area (TPSA) is 80.1 Å². The van der Waals surface area contributed by atoms with Crippen LogP contribution < -0.4 is 15.8 Å². The number of aromatic nitrogens is 3. The zero-order valence-electron chi connectivity index (χ0n) is 17.3. The molecule has 0 aliphatic rings. The van der Waals surface area contributed by atoms with Crippen LogP contribution in [0.4, 0.5) is 15.2 Å². The third-order valence-electron chi connectivity index (χ3n) is 4.43. The van der Waals surface area contributed by atoms with Gasteiger partial charge in [0.2, 0.25) is 5.91 Å². The van der Waals surface area contributed by atoms with Gasteiger partial charge in [0, 0.05) is 24.8 Å². The number of benzene rings is 1. The second kappa shape index (κ2) is 9.57. The number of thioether (sulfide) groups is 1. The Morgan fingerprint density at radius 2 is 1.90 bits per heavy atom. The molecule has 160 valence electrons. The highest BCUT2D eigenvalue weighted by atomic mass is 32.2. The number of nitrogens with zero attached hydrogens (tertiary/aromatic N) is 4. The Morgan fingerprint density at radius 3 is 2.50 bits per heavy atom. The molecule has 0 fully saturated rings. The van der Waals surface area contributed by atoms with Gasteiger partial charge in [-0.1, -0.05) is 23.1 Å². The largest absolute Gasteiger partial charge is 0.349 e. The van der Waals surface area contributed by atoms with Crippen molar-refractivity contribution in [3.63, 3.8) is 0 Å². The van der Waals surface area contributed by atoms with Gasteiger partial charge in [0.15, 0.2) is 15.9 Å². The molecule has 1 amide bonds. The number of amides is 1. The average molecular weight is 450 g/mol. The van der Waals surface area contributed by atoms with Crippen molar-refractivity contribution in [2.24, 2.45) is 0 Å². The molecule has 0 unspecified atom stereocenters. The Labute approximate surface area is 182 Å². The minimum Gasteiger partial charge on any atom is -0.349 e. The lowest BCUT2D eigenvalue weighted by atomic mass is 10.3. The molecule has 0 spiro atoms. The SMILES string of the molecule is CCN(CC)c1nc2nc(SCC(=O)Nc3ccc(F)cc3)n(C(C)C)c(=O)c2s1. The molecule has 1 N–H and O–H groups in total. The smallest absolute Gasteiger partial charge is 0.274 e. The standard InChI is InChI=1S/C20H24FN5O2S2/c1-5-25(6-2)19-23-17-16(30-19)18(28)26(12(3)4)20(24-17)29-11-15(27)22-14-9-7-13(21)8-10-14/h7-10,12H,5-6,11H2,1-4H3,(H,22,27). The molecule has 30 heavy (non-hydrogen) atoms. The second-order valence-electron chi connectivity index (χ2n) is 6.83. The van der Waals surface area contributed by atoms with Gasteiger partial charge in [-0.15, -0.1) is 0 Å². The summed E-state index contributed by atoms with van der Waals surface area (Å²) in [6.45, 7) is 9.47. The number of anilines is 2. The third kappa shape index (κ3) is 4.81. The number of thiazole rings is 1. The lowest BCUT2D eigenvalue weighted by Crippen LogP contribution is -2.25. The van der Waals surface area contributed by atoms with E-state index in [9.17, 15) is 14.0 Å². The van der Waals surface area contributed by atoms with Crippen molar-refractivity contribution in [1.29, 1.82) is 0 Å². The number of carbonyl (C=O) groups excluding carboxylic acids is 1. The van der Waals surface area contributed by atoms with Gasteiger partial charge in [-0.05, 0) is 52.0 Å². The first kappa shape index (κ1) is 22.2. The number of fused-ring (bicyclic) bond motifs is 1. The Balaban J connectivity index is 1.86. The van der Waals surface area contributed by atoms with E-state index >= 15 is 0 Å². The summed E-state index contributed by atoms with van der Waals surface area (Å²) in [7, 11) is 0. The van der Waals surface area contributed by atoms with Gasteiger partial charge in [-0.25, -0.2) is 9.37 Å². The molecule has 10 heteroatoms. The van der Waals surface area contributed by atoms with E-state index in [4.69, 9.17) is 0 Å². The van der Waals surface area contributed by atoms with Crippen LogP contribution in [0.25, 0.3) is 10.3 Å². The van der Waals surface area contributed by atoms with Crippen LogP contribution in [0.15, 0.2) is 34.2 Å². The molecule has 2 aromatic heterocycles. The molecule has 0 saturated carbocycles. The number of hydrogen-bond donors (Lipinski definition) is 1. The molecule has 0 atom stereocenters. The van der Waals surface area contributed by atoms with E-state index in [1.54, 1.807) is 4.57 Å². The van der Waals surface area contributed by atoms with Gasteiger partial charge in [0.25, 0.3) is 5.56 Å². The van der Waals surface area contributed by atoms with Crippen LogP contribution in [0.3, 0.4) is 0 Å². The van der Waals surface area contributed by atoms with Crippen molar-refractivity contribution in [1.82, 2.24) is 14.5 Å². The zero-order valence-corrected chi connectivity index (χ0v) is 18.9. The molecule has 1 aromatic carbocycles. The van der Waals surface area contributed by atoms with Gasteiger partial charge in [0.05, 0.1) is 5.75 Å². The van der Waals surface area contributed by atoms with Gasteiger partial charge >= 0.3 is 0 Å². The van der Waals surface area contributed by atoms with E-state index in [2.05, 4.69) is 20.2 Å². The zero-order chi connectivity index (χ0) is 21.8. The van der Waals surface area contributed by atoms with Crippen LogP contribution in [-0.4, -0.2) is 39.3 Å². The molecular weight excluding hydrogens is 425 g/mol. The monoisotopic (exact) mass is 449 g/mol. The quantitative estimate of drug-likeness (QED) is 0.411. The molecular formula is C20H24FN5O2S2. The first-order chi connectivity index (χ1) is 14.3. The predicted molar refractivity (Wildman–Crippen MR) is 121 cm³/mol. The summed E-state index contributed by atoms with van der Waals surface area (Å²) in [5, 5.41) is 3.93. The fourth-order valence-electron chi connectivity index (χ4n) is 2.90. The molecule has 0 bridgehead atoms. The summed E-state index contributed by atoms with van der Waals surface area (Å²) in [5.74, 6) is -0.568. The van der Waals surface area contributed by atoms with E-state index in [-0.39, 0.29) is 29.1 Å². The molecule has 7 nitrogen and oxygen atoms in total. The summed E-state index contributed by atoms with van der Waals surface area (Å²) in [4.78, 5) is 36.6. The van der Waals surface area contributed by atoms with Crippen LogP contribution in [0, 0.1) is 5.82 Å². The number of carbonyl (C=O) groups is 1. The van der Waals surface area contributed by atoms with Gasteiger partial charge in [-0.3, -0.25) is 14.2 Å². The highest BCUT2D eigenvalue weighted by Crippen LogP contribution is 2.28. The first-order valence-electron chi connectivity index (χ1n) is 9.70. The molecule has 3 aromatic rings. The predicted octanol–water partition coefficient (Wildman–Crippen LogP) is 4.15. The highest BCUT2D eigenvalue weighted by Gasteiger charge is 2.20. The van der Waals surface area contributed by atoms with E-state index in [0.717, 1.165) is 18.2 Å². The average Bonchev–Trinajstić information content (AvgIpc) is 3.13. The maximum atomic E-state index is 13.1. The lowest BCUT2D eigenvalue weighted by Gasteiger charge is -2.15. The van der Waals surface area contributed by atoms with Crippen LogP contribution in [0.1, 0.15) is 33.7 Å². The van der Waals surface area contributed by atoms with E-state index in [1.165, 1.54) is 47.4 Å². The van der Waals surface area contributed by atoms with E-state index in [0.29, 0.717) is 21.2 Å². The lowest BCUT2D eigenvalue weighted by molar-refractivity contribution is -0.113. The van der Waals surface area contributed by atoms with Crippen LogP contribution in [-0.2, 0) is 4.79 Å². The number of nitrogens with one attached hydrogen (secondary N) is 1. The van der Waals surface area contributed by atoms with Gasteiger partial charge in [-0.2, -0.15) is 4.98 Å². The molecule has 0 aliphatic heterocycles. The summed E-state index contributed by atoms with van der Waals surface area (Å²) in [6.07, 6.45) is 0. The van der Waals surface area contributed by atoms with Crippen molar-refractivity contribution in [2.75, 3.05) is 29.1 Å². The van der Waals surface area contributed by atoms with Crippen molar-refractivity contribution in [2.45, 2.75) is 38.9 Å². The number of hydrogen-bond acceptors (Lipinski definition) is 7. The van der Waals surface area contributed by atoms with Crippen LogP contribution in [0.2, 0.25) is 0 Å². The van der Waals surface area contributed by atoms with Crippen LogP contribution >= 0.6 is 23.1 Å². The summed E-state index contributed by atoms with van der Waals surface area (Å²) in [6, 6.07) is 5.44. The highest BCUT2D eigenvalue weighted by molar-refractivity contribution is 7.99. The maximum Gasteiger partial charge on any atom is 0.274 e. The first-order valence-corrected chi connectivity index (χ1v) is 11.5. The Hall–Kier alpha value is -2.46. The van der Waals surface area contributed by atoms with E-state index in [1.807, 2.05) is 27.7 Å². The number of halogens is 1. The Kier molecular flexibility index (Phi) is 7.09. The van der Waals surface area contributed by atoms with Crippen molar-refractivity contribution in [3.8, 4) is 0 Å². The van der Waals surface area contributed by atoms with Gasteiger partial charge in [0.1, 0.15) is 10.5 Å². The van der Waals surface area contributed by atoms with Crippen molar-refractivity contribution in [3.05, 3.63) is 40.4 Å². The second-order valence-corrected chi connectivity index (χ2v) is 8.75. The minimum absolute atomic E-state index is 0.0646. The maximum absolute atomic E-state index is 13.1. The Morgan fingerprint density at radius 1 is 1.23 bits per heavy atom. The molecule has 2 heterocycles. The van der Waals surface area contributed by atoms with Gasteiger partial charge < -0.3 is 10.2 Å². The van der Waals surface area contributed by atoms with E-state index < -0.39 is 0 Å². The Bertz CT molecular complexity index is 1090. The molecule has 3 rings (SSSR count).